The van der Waals surface area contributed by atoms with Crippen LogP contribution in [-0.4, -0.2) is 48.6 Å². The van der Waals surface area contributed by atoms with Crippen LogP contribution in [0.4, 0.5) is 26.3 Å². The van der Waals surface area contributed by atoms with E-state index in [0.29, 0.717) is 12.5 Å². The van der Waals surface area contributed by atoms with Crippen LogP contribution in [0.15, 0.2) is 29.2 Å². The van der Waals surface area contributed by atoms with Crippen LogP contribution in [0.5, 0.6) is 5.75 Å². The summed E-state index contributed by atoms with van der Waals surface area (Å²) in [6.45, 7) is 0. The fourth-order valence-corrected chi connectivity index (χ4v) is 9.46. The van der Waals surface area contributed by atoms with Gasteiger partial charge < -0.3 is 5.11 Å². The molecular weight excluding hydrogens is 424 g/mol. The Balaban J connectivity index is 3.83. The molecule has 0 spiro atoms. The first kappa shape index (κ1) is 21.9. The molecule has 0 fully saturated rings. The number of nitrogens with zero attached hydrogens (tertiary/aromatic N) is 1. The Morgan fingerprint density at radius 2 is 1.12 bits per heavy atom. The van der Waals surface area contributed by atoms with Gasteiger partial charge in [-0.25, -0.2) is 16.8 Å². The molecule has 0 bridgehead atoms. The van der Waals surface area contributed by atoms with E-state index in [0.717, 1.165) is 24.3 Å². The number of benzene rings is 1. The van der Waals surface area contributed by atoms with E-state index in [1.165, 1.54) is 0 Å². The molecule has 1 N–H and O–H groups in total. The van der Waals surface area contributed by atoms with Crippen molar-refractivity contribution >= 4 is 30.3 Å². The quantitative estimate of drug-likeness (QED) is 0.735. The first-order valence-electron chi connectivity index (χ1n) is 5.82. The van der Waals surface area contributed by atoms with Gasteiger partial charge in [-0.15, -0.1) is 10.2 Å². The van der Waals surface area contributed by atoms with E-state index in [1.54, 1.807) is 0 Å². The topological polar surface area (TPSA) is 91.8 Å². The summed E-state index contributed by atoms with van der Waals surface area (Å²) in [7, 11) is -17.7. The number of hydrogen-bond donors (Lipinski definition) is 1. The number of hydrogen-bond acceptors (Lipinski definition) is 5. The Morgan fingerprint density at radius 3 is 1.40 bits per heavy atom. The minimum Gasteiger partial charge on any atom is -0.508 e. The van der Waals surface area contributed by atoms with E-state index < -0.39 is 55.0 Å². The molecule has 0 aliphatic carbocycles. The number of phenols is 1. The lowest BCUT2D eigenvalue weighted by Crippen LogP contribution is -2.49. The summed E-state index contributed by atoms with van der Waals surface area (Å²) >= 11 is 0. The molecule has 25 heavy (non-hydrogen) atoms. The molecule has 146 valence electrons. The van der Waals surface area contributed by atoms with Crippen LogP contribution in [0, 0.1) is 0 Å². The Morgan fingerprint density at radius 1 is 0.800 bits per heavy atom. The second-order valence-corrected chi connectivity index (χ2v) is 12.5. The number of alkyl halides is 6. The molecule has 0 saturated carbocycles. The number of phenolic OH excluding ortho intramolecular Hbond substituents is 1. The maximum atomic E-state index is 12.8. The predicted octanol–water partition coefficient (Wildman–Crippen LogP) is 2.73. The standard InChI is InChI=1S/C10H11F6NO5S3/c1-23(2,8-5-3-7(18)4-6-8)17(24(19,20)9(11,12)13)25(21,22)10(14,15)16/h3-6,18H,1-2H3. The highest BCUT2D eigenvalue weighted by atomic mass is 32.4. The van der Waals surface area contributed by atoms with Gasteiger partial charge in [-0.3, -0.25) is 0 Å². The summed E-state index contributed by atoms with van der Waals surface area (Å²) in [6.07, 6.45) is 1.26. The van der Waals surface area contributed by atoms with Crippen molar-refractivity contribution in [3.63, 3.8) is 0 Å². The second kappa shape index (κ2) is 6.21. The van der Waals surface area contributed by atoms with Crippen LogP contribution in [0.3, 0.4) is 0 Å². The molecule has 1 rings (SSSR count). The van der Waals surface area contributed by atoms with Gasteiger partial charge in [0.2, 0.25) is 0 Å². The summed E-state index contributed by atoms with van der Waals surface area (Å²) in [5, 5.41) is 9.14. The van der Waals surface area contributed by atoms with E-state index in [1.807, 2.05) is 0 Å². The van der Waals surface area contributed by atoms with Crippen LogP contribution in [0.1, 0.15) is 0 Å². The molecule has 15 heteroatoms. The minimum atomic E-state index is -6.90. The Hall–Kier alpha value is -1.19. The Bertz CT molecular complexity index is 799. The van der Waals surface area contributed by atoms with Gasteiger partial charge in [-0.2, -0.15) is 26.3 Å². The van der Waals surface area contributed by atoms with Gasteiger partial charge in [-0.05, 0) is 39.9 Å². The van der Waals surface area contributed by atoms with E-state index >= 15 is 0 Å². The van der Waals surface area contributed by atoms with E-state index in [9.17, 15) is 43.2 Å². The molecule has 6 nitrogen and oxygen atoms in total. The summed E-state index contributed by atoms with van der Waals surface area (Å²) in [6, 6.07) is 3.39. The van der Waals surface area contributed by atoms with E-state index in [4.69, 9.17) is 5.11 Å². The first-order chi connectivity index (χ1) is 10.9. The third-order valence-electron chi connectivity index (χ3n) is 2.76. The van der Waals surface area contributed by atoms with Gasteiger partial charge in [0.05, 0.1) is 0 Å². The van der Waals surface area contributed by atoms with Crippen molar-refractivity contribution in [3.8, 4) is 5.75 Å². The van der Waals surface area contributed by atoms with Crippen LogP contribution in [0.2, 0.25) is 0 Å². The number of halogens is 6. The van der Waals surface area contributed by atoms with Crippen molar-refractivity contribution < 1.29 is 48.3 Å². The fraction of sp³-hybridized carbons (Fsp3) is 0.400. The number of rotatable bonds is 4. The van der Waals surface area contributed by atoms with E-state index in [2.05, 4.69) is 0 Å². The molecule has 0 saturated heterocycles. The van der Waals surface area contributed by atoms with Crippen molar-refractivity contribution in [2.45, 2.75) is 15.9 Å². The maximum absolute atomic E-state index is 12.8. The van der Waals surface area contributed by atoms with Gasteiger partial charge in [0, 0.05) is 4.90 Å². The monoisotopic (exact) mass is 435 g/mol. The van der Waals surface area contributed by atoms with Gasteiger partial charge in [0.1, 0.15) is 5.75 Å². The zero-order valence-corrected chi connectivity index (χ0v) is 14.8. The van der Waals surface area contributed by atoms with Gasteiger partial charge in [0.25, 0.3) is 0 Å². The molecule has 0 aliphatic heterocycles. The molecule has 0 aliphatic rings. The summed E-state index contributed by atoms with van der Waals surface area (Å²) in [5.74, 6) is -0.414. The smallest absolute Gasteiger partial charge is 0.508 e. The van der Waals surface area contributed by atoms with Crippen LogP contribution in [-0.2, 0) is 20.0 Å². The lowest BCUT2D eigenvalue weighted by molar-refractivity contribution is -0.0505. The minimum absolute atomic E-state index is 0.414. The van der Waals surface area contributed by atoms with Crippen molar-refractivity contribution in [2.75, 3.05) is 12.5 Å². The van der Waals surface area contributed by atoms with Crippen LogP contribution in [0.25, 0.3) is 0 Å². The van der Waals surface area contributed by atoms with E-state index in [-0.39, 0.29) is 0 Å². The highest BCUT2D eigenvalue weighted by Gasteiger charge is 2.65. The largest absolute Gasteiger partial charge is 0.513 e. The molecule has 0 heterocycles. The van der Waals surface area contributed by atoms with Crippen LogP contribution >= 0.6 is 10.2 Å². The molecule has 0 radical (unpaired) electrons. The average molecular weight is 435 g/mol. The first-order valence-corrected chi connectivity index (χ1v) is 11.1. The number of aromatic hydroxyl groups is 1. The lowest BCUT2D eigenvalue weighted by atomic mass is 10.3. The molecule has 0 atom stereocenters. The summed E-state index contributed by atoms with van der Waals surface area (Å²) in [4.78, 5) is -0.453. The Kier molecular flexibility index (Phi) is 5.43. The van der Waals surface area contributed by atoms with Gasteiger partial charge >= 0.3 is 31.1 Å². The van der Waals surface area contributed by atoms with Crippen molar-refractivity contribution in [2.24, 2.45) is 0 Å². The Labute approximate surface area is 140 Å². The molecule has 0 amide bonds. The molecule has 1 aromatic rings. The molecule has 0 unspecified atom stereocenters. The van der Waals surface area contributed by atoms with Crippen molar-refractivity contribution in [3.05, 3.63) is 24.3 Å². The highest BCUT2D eigenvalue weighted by Crippen LogP contribution is 2.59. The highest BCUT2D eigenvalue weighted by molar-refractivity contribution is 8.40. The third-order valence-corrected chi connectivity index (χ3v) is 11.5. The zero-order valence-electron chi connectivity index (χ0n) is 12.3. The third kappa shape index (κ3) is 3.83. The summed E-state index contributed by atoms with van der Waals surface area (Å²) < 4.78 is 122. The fourth-order valence-electron chi connectivity index (χ4n) is 1.65. The average Bonchev–Trinajstić information content (AvgIpc) is 2.35. The molecular formula is C10H11F6NO5S3. The van der Waals surface area contributed by atoms with Crippen molar-refractivity contribution in [1.82, 2.24) is 3.12 Å². The predicted molar refractivity (Wildman–Crippen MR) is 77.6 cm³/mol. The normalized spacial score (nSPS) is 15.4. The second-order valence-electron chi connectivity index (χ2n) is 4.83. The summed E-state index contributed by atoms with van der Waals surface area (Å²) in [5.41, 5.74) is -12.6. The number of sulfonamides is 2. The lowest BCUT2D eigenvalue weighted by Gasteiger charge is -2.40. The van der Waals surface area contributed by atoms with Gasteiger partial charge in [0.15, 0.2) is 0 Å². The zero-order chi connectivity index (χ0) is 20.1. The van der Waals surface area contributed by atoms with Crippen molar-refractivity contribution in [1.29, 1.82) is 0 Å². The SMILES string of the molecule is CS(C)(c1ccc(O)cc1)N(S(=O)(=O)C(F)(F)F)S(=O)(=O)C(F)(F)F. The maximum Gasteiger partial charge on any atom is 0.513 e. The molecule has 1 aromatic carbocycles. The van der Waals surface area contributed by atoms with Gasteiger partial charge in [-0.1, -0.05) is 0 Å². The van der Waals surface area contributed by atoms with Crippen LogP contribution < -0.4 is 0 Å². The molecule has 0 aromatic heterocycles.